The van der Waals surface area contributed by atoms with E-state index in [2.05, 4.69) is 15.5 Å². The average molecular weight is 386 g/mol. The van der Waals surface area contributed by atoms with Crippen LogP contribution in [0.15, 0.2) is 39.6 Å². The van der Waals surface area contributed by atoms with Gasteiger partial charge < -0.3 is 14.9 Å². The number of benzene rings is 1. The van der Waals surface area contributed by atoms with Crippen molar-refractivity contribution in [3.05, 3.63) is 63.5 Å². The molecule has 1 aromatic carbocycles. The summed E-state index contributed by atoms with van der Waals surface area (Å²) in [6.45, 7) is 2.79. The summed E-state index contributed by atoms with van der Waals surface area (Å²) in [4.78, 5) is 29.8. The van der Waals surface area contributed by atoms with Gasteiger partial charge in [0.15, 0.2) is 5.82 Å². The Kier molecular flexibility index (Phi) is 5.65. The average Bonchev–Trinajstić information content (AvgIpc) is 3.06. The molecular weight excluding hydrogens is 367 g/mol. The Balaban J connectivity index is 2.02. The van der Waals surface area contributed by atoms with Gasteiger partial charge in [0.1, 0.15) is 23.9 Å². The zero-order chi connectivity index (χ0) is 20.3. The van der Waals surface area contributed by atoms with Gasteiger partial charge in [-0.15, -0.1) is 0 Å². The van der Waals surface area contributed by atoms with Crippen LogP contribution in [0.1, 0.15) is 17.0 Å². The van der Waals surface area contributed by atoms with Gasteiger partial charge in [-0.3, -0.25) is 14.2 Å². The number of carbonyl (C=O) groups is 1. The Labute approximate surface area is 159 Å². The highest BCUT2D eigenvalue weighted by atomic mass is 19.1. The second kappa shape index (κ2) is 8.13. The molecule has 9 heteroatoms. The van der Waals surface area contributed by atoms with Gasteiger partial charge in [-0.2, -0.15) is 0 Å². The van der Waals surface area contributed by atoms with E-state index in [1.54, 1.807) is 19.9 Å². The smallest absolute Gasteiger partial charge is 0.257 e. The Hall–Kier alpha value is -3.33. The number of rotatable bonds is 6. The summed E-state index contributed by atoms with van der Waals surface area (Å²) in [5.74, 6) is 0.0664. The van der Waals surface area contributed by atoms with Crippen LogP contribution in [0.4, 0.5) is 10.2 Å². The van der Waals surface area contributed by atoms with Crippen LogP contribution in [0.2, 0.25) is 0 Å². The van der Waals surface area contributed by atoms with Crippen molar-refractivity contribution in [3.8, 4) is 11.4 Å². The van der Waals surface area contributed by atoms with Crippen molar-refractivity contribution in [1.82, 2.24) is 14.7 Å². The van der Waals surface area contributed by atoms with Gasteiger partial charge in [-0.25, -0.2) is 9.37 Å². The second-order valence-corrected chi connectivity index (χ2v) is 6.24. The molecule has 0 aliphatic carbocycles. The molecule has 3 rings (SSSR count). The molecule has 0 atom stereocenters. The number of nitrogens with zero attached hydrogens (tertiary/aromatic N) is 3. The standard InChI is InChI=1S/C19H19FN4O4/c1-11-9-16(23-28-11)22-17(26)10-24-18(13-3-5-14(20)6-4-13)21-12(2)15(7-8-25)19(24)27/h3-6,9,25H,7-8,10H2,1-2H3,(H,22,23,26). The highest BCUT2D eigenvalue weighted by Gasteiger charge is 2.18. The van der Waals surface area contributed by atoms with Crippen molar-refractivity contribution in [2.45, 2.75) is 26.8 Å². The van der Waals surface area contributed by atoms with Gasteiger partial charge >= 0.3 is 0 Å². The van der Waals surface area contributed by atoms with Crippen LogP contribution >= 0.6 is 0 Å². The third-order valence-corrected chi connectivity index (χ3v) is 4.13. The van der Waals surface area contributed by atoms with E-state index >= 15 is 0 Å². The topological polar surface area (TPSA) is 110 Å². The largest absolute Gasteiger partial charge is 0.396 e. The van der Waals surface area contributed by atoms with E-state index in [-0.39, 0.29) is 31.2 Å². The summed E-state index contributed by atoms with van der Waals surface area (Å²) in [6, 6.07) is 7.02. The summed E-state index contributed by atoms with van der Waals surface area (Å²) in [7, 11) is 0. The van der Waals surface area contributed by atoms with E-state index in [0.29, 0.717) is 22.6 Å². The van der Waals surface area contributed by atoms with Gasteiger partial charge in [0, 0.05) is 35.9 Å². The molecule has 3 aromatic rings. The number of halogens is 1. The van der Waals surface area contributed by atoms with Crippen molar-refractivity contribution in [2.75, 3.05) is 11.9 Å². The molecule has 0 spiro atoms. The molecule has 0 saturated carbocycles. The SMILES string of the molecule is Cc1cc(NC(=O)Cn2c(-c3ccc(F)cc3)nc(C)c(CCO)c2=O)no1. The van der Waals surface area contributed by atoms with Crippen molar-refractivity contribution in [2.24, 2.45) is 0 Å². The molecule has 28 heavy (non-hydrogen) atoms. The highest BCUT2D eigenvalue weighted by Crippen LogP contribution is 2.18. The van der Waals surface area contributed by atoms with E-state index in [9.17, 15) is 19.1 Å². The Morgan fingerprint density at radius 1 is 1.29 bits per heavy atom. The summed E-state index contributed by atoms with van der Waals surface area (Å²) in [5, 5.41) is 15.5. The molecule has 0 radical (unpaired) electrons. The second-order valence-electron chi connectivity index (χ2n) is 6.24. The summed E-state index contributed by atoms with van der Waals surface area (Å²) >= 11 is 0. The van der Waals surface area contributed by atoms with Gasteiger partial charge in [-0.05, 0) is 38.1 Å². The predicted octanol–water partition coefficient (Wildman–Crippen LogP) is 1.83. The quantitative estimate of drug-likeness (QED) is 0.669. The molecule has 2 aromatic heterocycles. The van der Waals surface area contributed by atoms with Gasteiger partial charge in [-0.1, -0.05) is 5.16 Å². The Morgan fingerprint density at radius 2 is 2.00 bits per heavy atom. The Bertz CT molecular complexity index is 1060. The van der Waals surface area contributed by atoms with Crippen molar-refractivity contribution >= 4 is 11.7 Å². The van der Waals surface area contributed by atoms with Crippen LogP contribution < -0.4 is 10.9 Å². The van der Waals surface area contributed by atoms with Crippen molar-refractivity contribution in [1.29, 1.82) is 0 Å². The van der Waals surface area contributed by atoms with E-state index in [1.165, 1.54) is 28.8 Å². The van der Waals surface area contributed by atoms with E-state index in [4.69, 9.17) is 4.52 Å². The molecule has 146 valence electrons. The summed E-state index contributed by atoms with van der Waals surface area (Å²) in [6.07, 6.45) is 0.117. The number of aliphatic hydroxyl groups excluding tert-OH is 1. The fraction of sp³-hybridized carbons (Fsp3) is 0.263. The number of nitrogens with one attached hydrogen (secondary N) is 1. The number of aromatic nitrogens is 3. The number of hydrogen-bond donors (Lipinski definition) is 2. The van der Waals surface area contributed by atoms with E-state index < -0.39 is 17.3 Å². The van der Waals surface area contributed by atoms with Crippen molar-refractivity contribution < 1.29 is 18.8 Å². The maximum absolute atomic E-state index is 13.3. The number of anilines is 1. The molecule has 0 fully saturated rings. The first-order valence-corrected chi connectivity index (χ1v) is 8.59. The molecule has 2 heterocycles. The van der Waals surface area contributed by atoms with Gasteiger partial charge in [0.25, 0.3) is 5.56 Å². The lowest BCUT2D eigenvalue weighted by Gasteiger charge is -2.15. The maximum atomic E-state index is 13.3. The first-order valence-electron chi connectivity index (χ1n) is 8.59. The summed E-state index contributed by atoms with van der Waals surface area (Å²) < 4.78 is 19.4. The van der Waals surface area contributed by atoms with Crippen LogP contribution in [0.3, 0.4) is 0 Å². The van der Waals surface area contributed by atoms with Crippen LogP contribution in [-0.4, -0.2) is 32.3 Å². The fourth-order valence-electron chi connectivity index (χ4n) is 2.82. The predicted molar refractivity (Wildman–Crippen MR) is 99.3 cm³/mol. The number of aliphatic hydroxyl groups is 1. The zero-order valence-electron chi connectivity index (χ0n) is 15.4. The number of amides is 1. The van der Waals surface area contributed by atoms with Crippen LogP contribution in [0.5, 0.6) is 0 Å². The van der Waals surface area contributed by atoms with Crippen LogP contribution in [-0.2, 0) is 17.8 Å². The molecule has 0 saturated heterocycles. The minimum absolute atomic E-state index is 0.117. The molecule has 2 N–H and O–H groups in total. The van der Waals surface area contributed by atoms with Crippen LogP contribution in [0, 0.1) is 19.7 Å². The normalized spacial score (nSPS) is 10.9. The molecular formula is C19H19FN4O4. The molecule has 0 unspecified atom stereocenters. The van der Waals surface area contributed by atoms with E-state index in [0.717, 1.165) is 0 Å². The molecule has 0 bridgehead atoms. The monoisotopic (exact) mass is 386 g/mol. The molecule has 1 amide bonds. The first kappa shape index (κ1) is 19.4. The van der Waals surface area contributed by atoms with Crippen LogP contribution in [0.25, 0.3) is 11.4 Å². The van der Waals surface area contributed by atoms with Gasteiger partial charge in [0.05, 0.1) is 0 Å². The highest BCUT2D eigenvalue weighted by molar-refractivity contribution is 5.89. The molecule has 8 nitrogen and oxygen atoms in total. The molecule has 0 aliphatic heterocycles. The lowest BCUT2D eigenvalue weighted by molar-refractivity contribution is -0.116. The summed E-state index contributed by atoms with van der Waals surface area (Å²) in [5.41, 5.74) is 0.815. The fourth-order valence-corrected chi connectivity index (χ4v) is 2.82. The number of hydrogen-bond acceptors (Lipinski definition) is 6. The number of carbonyl (C=O) groups excluding carboxylic acids is 1. The minimum Gasteiger partial charge on any atom is -0.396 e. The van der Waals surface area contributed by atoms with Gasteiger partial charge in [0.2, 0.25) is 5.91 Å². The first-order chi connectivity index (χ1) is 13.4. The lowest BCUT2D eigenvalue weighted by atomic mass is 10.1. The third-order valence-electron chi connectivity index (χ3n) is 4.13. The van der Waals surface area contributed by atoms with E-state index in [1.807, 2.05) is 0 Å². The zero-order valence-corrected chi connectivity index (χ0v) is 15.4. The molecule has 0 aliphatic rings. The number of aryl methyl sites for hydroxylation is 2. The maximum Gasteiger partial charge on any atom is 0.257 e. The minimum atomic E-state index is -0.501. The Morgan fingerprint density at radius 3 is 2.61 bits per heavy atom. The lowest BCUT2D eigenvalue weighted by Crippen LogP contribution is -2.33. The van der Waals surface area contributed by atoms with Crippen molar-refractivity contribution in [3.63, 3.8) is 0 Å². The third kappa shape index (κ3) is 4.15.